The van der Waals surface area contributed by atoms with Crippen molar-refractivity contribution in [2.24, 2.45) is 0 Å². The van der Waals surface area contributed by atoms with Crippen molar-refractivity contribution in [3.05, 3.63) is 132 Å². The number of pyridine rings is 1. The number of carbonyl (C=O) groups is 2. The first-order valence-corrected chi connectivity index (χ1v) is 19.1. The first kappa shape index (κ1) is 40.7. The number of aromatic nitrogens is 3. The molecule has 2 unspecified atom stereocenters. The van der Waals surface area contributed by atoms with Crippen molar-refractivity contribution < 1.29 is 24.5 Å². The van der Waals surface area contributed by atoms with Crippen LogP contribution in [0.3, 0.4) is 0 Å². The van der Waals surface area contributed by atoms with Crippen LogP contribution in [0.5, 0.6) is 5.75 Å². The minimum atomic E-state index is -1.30. The molecule has 0 aliphatic heterocycles. The molecule has 3 atom stereocenters. The number of unbranched alkanes of at least 4 members (excludes halogenated alkanes) is 4. The molecule has 0 radical (unpaired) electrons. The van der Waals surface area contributed by atoms with Gasteiger partial charge in [0.2, 0.25) is 0 Å². The van der Waals surface area contributed by atoms with E-state index in [0.717, 1.165) is 46.6 Å². The highest BCUT2D eigenvalue weighted by atomic mass is 16.5. The van der Waals surface area contributed by atoms with Gasteiger partial charge in [0, 0.05) is 47.5 Å². The number of hydrogen-bond donors (Lipinski definition) is 4. The van der Waals surface area contributed by atoms with Crippen molar-refractivity contribution in [1.82, 2.24) is 25.6 Å². The fourth-order valence-electron chi connectivity index (χ4n) is 6.28. The second-order valence-electron chi connectivity index (χ2n) is 14.9. The van der Waals surface area contributed by atoms with E-state index in [0.29, 0.717) is 17.0 Å². The molecule has 1 amide bonds. The van der Waals surface area contributed by atoms with Gasteiger partial charge in [0.25, 0.3) is 5.91 Å². The van der Waals surface area contributed by atoms with E-state index in [1.807, 2.05) is 60.7 Å². The fourth-order valence-corrected chi connectivity index (χ4v) is 6.28. The van der Waals surface area contributed by atoms with Gasteiger partial charge in [-0.1, -0.05) is 108 Å². The maximum Gasteiger partial charge on any atom is 0.305 e. The monoisotopic (exact) mass is 743 g/mol. The van der Waals surface area contributed by atoms with Gasteiger partial charge in [-0.2, -0.15) is 0 Å². The van der Waals surface area contributed by atoms with Crippen LogP contribution in [0.2, 0.25) is 0 Å². The van der Waals surface area contributed by atoms with Crippen LogP contribution in [0.4, 0.5) is 0 Å². The van der Waals surface area contributed by atoms with Crippen molar-refractivity contribution >= 4 is 11.9 Å². The van der Waals surface area contributed by atoms with Crippen molar-refractivity contribution in [1.29, 1.82) is 0 Å². The van der Waals surface area contributed by atoms with E-state index < -0.39 is 24.3 Å². The number of carbonyl (C=O) groups excluding carboxylic acids is 1. The molecule has 288 valence electrons. The third-order valence-electron chi connectivity index (χ3n) is 9.57. The van der Waals surface area contributed by atoms with E-state index in [9.17, 15) is 19.8 Å². The molecule has 5 rings (SSSR count). The van der Waals surface area contributed by atoms with E-state index >= 15 is 0 Å². The first-order chi connectivity index (χ1) is 26.5. The molecule has 0 spiro atoms. The smallest absolute Gasteiger partial charge is 0.305 e. The minimum absolute atomic E-state index is 0.0724. The van der Waals surface area contributed by atoms with E-state index in [4.69, 9.17) is 4.74 Å². The average Bonchev–Trinajstić information content (AvgIpc) is 3.19. The second-order valence-corrected chi connectivity index (χ2v) is 14.9. The van der Waals surface area contributed by atoms with Crippen LogP contribution in [0.25, 0.3) is 22.5 Å². The molecule has 0 fully saturated rings. The maximum absolute atomic E-state index is 13.5. The van der Waals surface area contributed by atoms with Crippen LogP contribution < -0.4 is 15.4 Å². The summed E-state index contributed by atoms with van der Waals surface area (Å²) in [7, 11) is 0. The lowest BCUT2D eigenvalue weighted by atomic mass is 9.86. The van der Waals surface area contributed by atoms with Gasteiger partial charge in [0.05, 0.1) is 19.1 Å². The summed E-state index contributed by atoms with van der Waals surface area (Å²) in [6.07, 6.45) is 11.4. The zero-order chi connectivity index (χ0) is 39.2. The molecule has 2 aromatic heterocycles. The SMILES string of the molecule is CCCCCCCOc1ccc(-c2cnc(-c3ccc(C[C@H](NC(=O)c4ccc(C(C)(C)C)cc4)C(O)NC(CC(=O)O)c4cccnc4)cc3)nc2)cc1. The number of nitrogens with zero attached hydrogens (tertiary/aromatic N) is 3. The summed E-state index contributed by atoms with van der Waals surface area (Å²) >= 11 is 0. The third kappa shape index (κ3) is 12.3. The highest BCUT2D eigenvalue weighted by Crippen LogP contribution is 2.25. The van der Waals surface area contributed by atoms with Gasteiger partial charge in [-0.3, -0.25) is 19.9 Å². The van der Waals surface area contributed by atoms with Crippen molar-refractivity contribution in [2.45, 2.75) is 96.4 Å². The number of benzene rings is 3. The van der Waals surface area contributed by atoms with E-state index in [1.54, 1.807) is 49.1 Å². The standard InChI is InChI=1S/C45H53N5O5/c1-5-6-7-8-9-25-55-38-22-18-32(19-23-38)36-29-47-42(48-30-36)33-14-12-31(13-15-33)26-40(50-43(53)34-16-20-37(21-17-34)45(2,3)4)44(54)49-39(27-41(51)52)35-11-10-24-46-28-35/h10-24,28-30,39-40,44,49,54H,5-9,25-27H2,1-4H3,(H,50,53)(H,51,52)/t39?,40-,44?/m0/s1. The zero-order valence-electron chi connectivity index (χ0n) is 32.2. The summed E-state index contributed by atoms with van der Waals surface area (Å²) in [4.78, 5) is 38.7. The van der Waals surface area contributed by atoms with Crippen LogP contribution in [0.1, 0.15) is 99.3 Å². The molecule has 0 saturated carbocycles. The highest BCUT2D eigenvalue weighted by molar-refractivity contribution is 5.94. The Morgan fingerprint density at radius 1 is 0.800 bits per heavy atom. The Morgan fingerprint density at radius 3 is 2.09 bits per heavy atom. The molecule has 55 heavy (non-hydrogen) atoms. The fraction of sp³-hybridized carbons (Fsp3) is 0.356. The molecule has 3 aromatic carbocycles. The summed E-state index contributed by atoms with van der Waals surface area (Å²) in [6.45, 7) is 9.25. The average molecular weight is 744 g/mol. The van der Waals surface area contributed by atoms with Gasteiger partial charge < -0.3 is 20.3 Å². The summed E-state index contributed by atoms with van der Waals surface area (Å²) in [6, 6.07) is 24.9. The number of ether oxygens (including phenoxy) is 1. The molecule has 0 aliphatic carbocycles. The van der Waals surface area contributed by atoms with Gasteiger partial charge in [-0.15, -0.1) is 0 Å². The number of hydrogen-bond acceptors (Lipinski definition) is 8. The van der Waals surface area contributed by atoms with Crippen molar-refractivity contribution in [2.75, 3.05) is 6.61 Å². The Kier molecular flexibility index (Phi) is 14.6. The van der Waals surface area contributed by atoms with Crippen LogP contribution in [-0.2, 0) is 16.6 Å². The van der Waals surface area contributed by atoms with E-state index in [-0.39, 0.29) is 24.2 Å². The van der Waals surface area contributed by atoms with Crippen LogP contribution in [-0.4, -0.2) is 55.9 Å². The Hall–Kier alpha value is -5.45. The van der Waals surface area contributed by atoms with E-state index in [2.05, 4.69) is 53.3 Å². The Bertz CT molecular complexity index is 1930. The van der Waals surface area contributed by atoms with Gasteiger partial charge >= 0.3 is 5.97 Å². The number of rotatable bonds is 19. The lowest BCUT2D eigenvalue weighted by molar-refractivity contribution is -0.137. The van der Waals surface area contributed by atoms with Gasteiger partial charge in [-0.25, -0.2) is 9.97 Å². The number of aliphatic hydroxyl groups is 1. The van der Waals surface area contributed by atoms with Gasteiger partial charge in [-0.05, 0) is 70.8 Å². The lowest BCUT2D eigenvalue weighted by Gasteiger charge is -2.29. The van der Waals surface area contributed by atoms with E-state index in [1.165, 1.54) is 25.7 Å². The third-order valence-corrected chi connectivity index (χ3v) is 9.57. The molecule has 0 saturated heterocycles. The molecular formula is C45H53N5O5. The summed E-state index contributed by atoms with van der Waals surface area (Å²) in [5, 5.41) is 27.2. The normalized spacial score (nSPS) is 13.1. The number of nitrogens with one attached hydrogen (secondary N) is 2. The quantitative estimate of drug-likeness (QED) is 0.0484. The first-order valence-electron chi connectivity index (χ1n) is 19.1. The van der Waals surface area contributed by atoms with Crippen LogP contribution in [0.15, 0.2) is 110 Å². The minimum Gasteiger partial charge on any atom is -0.494 e. The number of carboxylic acids is 1. The van der Waals surface area contributed by atoms with Crippen LogP contribution >= 0.6 is 0 Å². The van der Waals surface area contributed by atoms with Gasteiger partial charge in [0.15, 0.2) is 5.82 Å². The Labute approximate surface area is 324 Å². The van der Waals surface area contributed by atoms with Gasteiger partial charge in [0.1, 0.15) is 12.0 Å². The maximum atomic E-state index is 13.5. The second kappa shape index (κ2) is 19.8. The number of aliphatic hydroxyl groups excluding tert-OH is 1. The molecule has 0 aliphatic rings. The Balaban J connectivity index is 1.27. The molecule has 0 bridgehead atoms. The lowest BCUT2D eigenvalue weighted by Crippen LogP contribution is -2.52. The Morgan fingerprint density at radius 2 is 1.47 bits per heavy atom. The predicted octanol–water partition coefficient (Wildman–Crippen LogP) is 8.32. The topological polar surface area (TPSA) is 147 Å². The molecule has 5 aromatic rings. The number of carboxylic acid groups (broad SMARTS) is 1. The van der Waals surface area contributed by atoms with Crippen molar-refractivity contribution in [3.8, 4) is 28.3 Å². The molecule has 4 N–H and O–H groups in total. The molecule has 10 nitrogen and oxygen atoms in total. The molecule has 2 heterocycles. The largest absolute Gasteiger partial charge is 0.494 e. The van der Waals surface area contributed by atoms with Crippen LogP contribution in [0, 0.1) is 0 Å². The summed E-state index contributed by atoms with van der Waals surface area (Å²) in [5.74, 6) is 0.0275. The number of amides is 1. The zero-order valence-corrected chi connectivity index (χ0v) is 32.2. The number of aliphatic carboxylic acids is 1. The highest BCUT2D eigenvalue weighted by Gasteiger charge is 2.27. The molecular weight excluding hydrogens is 691 g/mol. The summed E-state index contributed by atoms with van der Waals surface area (Å²) < 4.78 is 5.91. The van der Waals surface area contributed by atoms with Crippen molar-refractivity contribution in [3.63, 3.8) is 0 Å². The molecule has 10 heteroatoms. The summed E-state index contributed by atoms with van der Waals surface area (Å²) in [5.41, 5.74) is 5.63. The predicted molar refractivity (Wildman–Crippen MR) is 216 cm³/mol.